The second-order valence-corrected chi connectivity index (χ2v) is 6.40. The Hall–Kier alpha value is -1.24. The Morgan fingerprint density at radius 3 is 2.24 bits per heavy atom. The number of rotatable bonds is 9. The maximum Gasteiger partial charge on any atom is 0.323 e. The fraction of sp³-hybridized carbons (Fsp3) is 0.786. The molecule has 7 heteroatoms. The van der Waals surface area contributed by atoms with Gasteiger partial charge in [-0.05, 0) is 32.9 Å². The van der Waals surface area contributed by atoms with Gasteiger partial charge in [-0.3, -0.25) is 0 Å². The lowest BCUT2D eigenvalue weighted by Gasteiger charge is -2.29. The van der Waals surface area contributed by atoms with E-state index in [0.29, 0.717) is 17.9 Å². The highest BCUT2D eigenvalue weighted by molar-refractivity contribution is 8.00. The molecule has 0 spiro atoms. The molecule has 21 heavy (non-hydrogen) atoms. The van der Waals surface area contributed by atoms with Crippen molar-refractivity contribution in [3.63, 3.8) is 0 Å². The summed E-state index contributed by atoms with van der Waals surface area (Å²) in [7, 11) is 1.78. The zero-order chi connectivity index (χ0) is 15.9. The molecule has 0 radical (unpaired) electrons. The van der Waals surface area contributed by atoms with Crippen molar-refractivity contribution in [2.24, 2.45) is 0 Å². The van der Waals surface area contributed by atoms with Crippen molar-refractivity contribution in [3.8, 4) is 6.01 Å². The van der Waals surface area contributed by atoms with Crippen LogP contribution in [0.3, 0.4) is 0 Å². The zero-order valence-electron chi connectivity index (χ0n) is 13.9. The molecule has 0 saturated carbocycles. The minimum absolute atomic E-state index is 0.0292. The van der Waals surface area contributed by atoms with Gasteiger partial charge < -0.3 is 15.4 Å². The molecule has 0 saturated heterocycles. The second kappa shape index (κ2) is 8.26. The van der Waals surface area contributed by atoms with E-state index in [0.717, 1.165) is 19.4 Å². The molecule has 2 N–H and O–H groups in total. The summed E-state index contributed by atoms with van der Waals surface area (Å²) < 4.78 is 5.76. The van der Waals surface area contributed by atoms with Crippen LogP contribution in [0.5, 0.6) is 6.01 Å². The largest absolute Gasteiger partial charge is 0.461 e. The van der Waals surface area contributed by atoms with Crippen molar-refractivity contribution < 1.29 is 4.74 Å². The van der Waals surface area contributed by atoms with E-state index >= 15 is 0 Å². The van der Waals surface area contributed by atoms with Crippen LogP contribution in [0.2, 0.25) is 0 Å². The van der Waals surface area contributed by atoms with Gasteiger partial charge in [-0.25, -0.2) is 0 Å². The third kappa shape index (κ3) is 5.22. The summed E-state index contributed by atoms with van der Waals surface area (Å²) in [6, 6.07) is 0.342. The van der Waals surface area contributed by atoms with Crippen molar-refractivity contribution in [2.45, 2.75) is 51.4 Å². The van der Waals surface area contributed by atoms with E-state index in [2.05, 4.69) is 45.7 Å². The Labute approximate surface area is 131 Å². The van der Waals surface area contributed by atoms with Gasteiger partial charge in [0.25, 0.3) is 0 Å². The lowest BCUT2D eigenvalue weighted by Crippen LogP contribution is -2.32. The minimum Gasteiger partial charge on any atom is -0.461 e. The van der Waals surface area contributed by atoms with Crippen LogP contribution >= 0.6 is 11.8 Å². The molecule has 0 fully saturated rings. The number of aromatic nitrogens is 3. The Kier molecular flexibility index (Phi) is 7.01. The molecule has 6 nitrogen and oxygen atoms in total. The van der Waals surface area contributed by atoms with Crippen LogP contribution in [0.15, 0.2) is 0 Å². The van der Waals surface area contributed by atoms with E-state index in [-0.39, 0.29) is 10.9 Å². The first-order valence-electron chi connectivity index (χ1n) is 7.38. The molecule has 0 amide bonds. The Balaban J connectivity index is 2.86. The Morgan fingerprint density at radius 2 is 1.76 bits per heavy atom. The molecule has 0 bridgehead atoms. The highest BCUT2D eigenvalue weighted by atomic mass is 32.2. The number of anilines is 2. The maximum absolute atomic E-state index is 5.56. The number of ether oxygens (including phenoxy) is 1. The molecule has 0 aliphatic rings. The van der Waals surface area contributed by atoms with E-state index in [9.17, 15) is 0 Å². The Morgan fingerprint density at radius 1 is 1.14 bits per heavy atom. The van der Waals surface area contributed by atoms with Crippen LogP contribution in [0.4, 0.5) is 11.9 Å². The highest BCUT2D eigenvalue weighted by Crippen LogP contribution is 2.30. The zero-order valence-corrected chi connectivity index (χ0v) is 14.7. The van der Waals surface area contributed by atoms with Gasteiger partial charge in [-0.15, -0.1) is 0 Å². The fourth-order valence-electron chi connectivity index (χ4n) is 1.91. The molecular weight excluding hydrogens is 286 g/mol. The van der Waals surface area contributed by atoms with Crippen molar-refractivity contribution in [1.82, 2.24) is 15.0 Å². The average molecular weight is 313 g/mol. The van der Waals surface area contributed by atoms with Crippen molar-refractivity contribution in [3.05, 3.63) is 0 Å². The van der Waals surface area contributed by atoms with Gasteiger partial charge in [0, 0.05) is 18.3 Å². The monoisotopic (exact) mass is 313 g/mol. The van der Waals surface area contributed by atoms with Crippen LogP contribution < -0.4 is 15.4 Å². The van der Waals surface area contributed by atoms with Gasteiger partial charge in [-0.1, -0.05) is 13.8 Å². The van der Waals surface area contributed by atoms with Crippen LogP contribution in [0.25, 0.3) is 0 Å². The summed E-state index contributed by atoms with van der Waals surface area (Å²) in [5.74, 6) is 1.05. The predicted octanol–water partition coefficient (Wildman–Crippen LogP) is 3.03. The molecule has 0 aliphatic heterocycles. The molecule has 0 aromatic carbocycles. The topological polar surface area (TPSA) is 72.0 Å². The van der Waals surface area contributed by atoms with E-state index in [4.69, 9.17) is 4.74 Å². The summed E-state index contributed by atoms with van der Waals surface area (Å²) in [6.07, 6.45) is 4.36. The summed E-state index contributed by atoms with van der Waals surface area (Å²) in [4.78, 5) is 12.9. The van der Waals surface area contributed by atoms with E-state index in [1.807, 2.05) is 25.6 Å². The normalized spacial score (nSPS) is 11.6. The SMILES string of the molecule is CCC(CC)(CNc1nc(NC)nc(OC(C)C)n1)SC. The first-order valence-corrected chi connectivity index (χ1v) is 8.60. The van der Waals surface area contributed by atoms with Crippen molar-refractivity contribution in [2.75, 3.05) is 30.5 Å². The number of nitrogens with zero attached hydrogens (tertiary/aromatic N) is 3. The summed E-state index contributed by atoms with van der Waals surface area (Å²) in [6.45, 7) is 9.13. The van der Waals surface area contributed by atoms with Gasteiger partial charge in [0.1, 0.15) is 0 Å². The molecule has 1 aromatic heterocycles. The van der Waals surface area contributed by atoms with Crippen LogP contribution in [-0.4, -0.2) is 45.7 Å². The van der Waals surface area contributed by atoms with Gasteiger partial charge in [-0.2, -0.15) is 26.7 Å². The number of thioether (sulfide) groups is 1. The third-order valence-electron chi connectivity index (χ3n) is 3.47. The van der Waals surface area contributed by atoms with Crippen molar-refractivity contribution in [1.29, 1.82) is 0 Å². The minimum atomic E-state index is 0.0292. The standard InChI is InChI=1S/C14H27N5OS/c1-7-14(8-2,21-6)9-16-12-17-11(15-5)18-13(19-12)20-10(3)4/h10H,7-9H2,1-6H3,(H2,15,16,17,18,19). The maximum atomic E-state index is 5.56. The third-order valence-corrected chi connectivity index (χ3v) is 5.06. The molecule has 0 atom stereocenters. The fourth-order valence-corrected chi connectivity index (χ4v) is 2.71. The lowest BCUT2D eigenvalue weighted by atomic mass is 10.0. The van der Waals surface area contributed by atoms with Crippen LogP contribution in [0, 0.1) is 0 Å². The molecular formula is C14H27N5OS. The predicted molar refractivity (Wildman–Crippen MR) is 90.5 cm³/mol. The van der Waals surface area contributed by atoms with E-state index < -0.39 is 0 Å². The van der Waals surface area contributed by atoms with Gasteiger partial charge in [0.2, 0.25) is 11.9 Å². The highest BCUT2D eigenvalue weighted by Gasteiger charge is 2.25. The van der Waals surface area contributed by atoms with E-state index in [1.54, 1.807) is 7.05 Å². The summed E-state index contributed by atoms with van der Waals surface area (Å²) >= 11 is 1.88. The molecule has 120 valence electrons. The first kappa shape index (κ1) is 17.8. The number of nitrogens with one attached hydrogen (secondary N) is 2. The van der Waals surface area contributed by atoms with Crippen molar-refractivity contribution >= 4 is 23.7 Å². The summed E-state index contributed by atoms with van der Waals surface area (Å²) in [5, 5.41) is 6.26. The van der Waals surface area contributed by atoms with Gasteiger partial charge >= 0.3 is 6.01 Å². The van der Waals surface area contributed by atoms with Crippen LogP contribution in [-0.2, 0) is 0 Å². The van der Waals surface area contributed by atoms with E-state index in [1.165, 1.54) is 0 Å². The molecule has 1 aromatic rings. The van der Waals surface area contributed by atoms with Gasteiger partial charge in [0.15, 0.2) is 0 Å². The average Bonchev–Trinajstić information content (AvgIpc) is 2.48. The smallest absolute Gasteiger partial charge is 0.323 e. The molecule has 1 rings (SSSR count). The second-order valence-electron chi connectivity index (χ2n) is 5.13. The van der Waals surface area contributed by atoms with Gasteiger partial charge in [0.05, 0.1) is 6.10 Å². The number of hydrogen-bond donors (Lipinski definition) is 2. The molecule has 1 heterocycles. The quantitative estimate of drug-likeness (QED) is 0.726. The first-order chi connectivity index (χ1) is 9.98. The molecule has 0 unspecified atom stereocenters. The number of hydrogen-bond acceptors (Lipinski definition) is 7. The summed E-state index contributed by atoms with van der Waals surface area (Å²) in [5.41, 5.74) is 0. The Bertz CT molecular complexity index is 429. The van der Waals surface area contributed by atoms with Crippen LogP contribution in [0.1, 0.15) is 40.5 Å². The molecule has 0 aliphatic carbocycles. The lowest BCUT2D eigenvalue weighted by molar-refractivity contribution is 0.222.